The van der Waals surface area contributed by atoms with Crippen molar-refractivity contribution in [2.75, 3.05) is 0 Å². The van der Waals surface area contributed by atoms with Crippen molar-refractivity contribution in [3.63, 3.8) is 0 Å². The van der Waals surface area contributed by atoms with Gasteiger partial charge in [0.2, 0.25) is 0 Å². The Morgan fingerprint density at radius 3 is 2.22 bits per heavy atom. The molecule has 0 heterocycles. The lowest BCUT2D eigenvalue weighted by molar-refractivity contribution is 0.196. The number of aliphatic hydroxyl groups is 1. The Labute approximate surface area is 108 Å². The van der Waals surface area contributed by atoms with Crippen molar-refractivity contribution in [3.05, 3.63) is 65.7 Å². The molecule has 0 amide bonds. The minimum absolute atomic E-state index is 0.00421. The third-order valence-electron chi connectivity index (χ3n) is 2.92. The van der Waals surface area contributed by atoms with Crippen LogP contribution in [0.25, 0.3) is 0 Å². The van der Waals surface area contributed by atoms with Crippen LogP contribution in [0.4, 0.5) is 0 Å². The highest BCUT2D eigenvalue weighted by Gasteiger charge is 2.08. The zero-order chi connectivity index (χ0) is 13.0. The van der Waals surface area contributed by atoms with Gasteiger partial charge in [-0.15, -0.1) is 0 Å². The average molecular weight is 242 g/mol. The lowest BCUT2D eigenvalue weighted by Gasteiger charge is -2.16. The number of rotatable bonds is 4. The summed E-state index contributed by atoms with van der Waals surface area (Å²) in [5, 5.41) is 9.54. The van der Waals surface area contributed by atoms with Gasteiger partial charge in [0.25, 0.3) is 0 Å². The molecule has 0 aliphatic heterocycles. The Morgan fingerprint density at radius 1 is 0.889 bits per heavy atom. The molecule has 18 heavy (non-hydrogen) atoms. The summed E-state index contributed by atoms with van der Waals surface area (Å²) in [4.78, 5) is 0. The maximum Gasteiger partial charge on any atom is 0.121 e. The smallest absolute Gasteiger partial charge is 0.121 e. The Morgan fingerprint density at radius 2 is 1.56 bits per heavy atom. The molecule has 2 atom stereocenters. The lowest BCUT2D eigenvalue weighted by atomic mass is 10.1. The van der Waals surface area contributed by atoms with Crippen molar-refractivity contribution in [1.29, 1.82) is 0 Å². The van der Waals surface area contributed by atoms with Crippen molar-refractivity contribution in [2.24, 2.45) is 0 Å². The van der Waals surface area contributed by atoms with E-state index in [1.54, 1.807) is 6.92 Å². The van der Waals surface area contributed by atoms with Crippen molar-refractivity contribution < 1.29 is 9.84 Å². The first-order valence-electron chi connectivity index (χ1n) is 6.16. The second-order valence-corrected chi connectivity index (χ2v) is 4.42. The van der Waals surface area contributed by atoms with Crippen LogP contribution in [0.15, 0.2) is 54.6 Å². The molecule has 0 saturated carbocycles. The highest BCUT2D eigenvalue weighted by atomic mass is 16.5. The van der Waals surface area contributed by atoms with Crippen molar-refractivity contribution in [2.45, 2.75) is 26.1 Å². The molecule has 2 aromatic carbocycles. The summed E-state index contributed by atoms with van der Waals surface area (Å²) in [6.07, 6.45) is -0.476. The number of hydrogen-bond acceptors (Lipinski definition) is 2. The standard InChI is InChI=1S/C16H18O2/c1-12(17)15-9-6-10-16(11-15)18-13(2)14-7-4-3-5-8-14/h3-13,17H,1-2H3. The largest absolute Gasteiger partial charge is 0.486 e. The zero-order valence-corrected chi connectivity index (χ0v) is 10.7. The SMILES string of the molecule is CC(O)c1cccc(OC(C)c2ccccc2)c1. The van der Waals surface area contributed by atoms with Crippen LogP contribution in [0.1, 0.15) is 37.2 Å². The molecule has 0 spiro atoms. The molecule has 2 aromatic rings. The van der Waals surface area contributed by atoms with Crippen molar-refractivity contribution >= 4 is 0 Å². The first-order valence-corrected chi connectivity index (χ1v) is 6.16. The second kappa shape index (κ2) is 5.69. The van der Waals surface area contributed by atoms with Gasteiger partial charge < -0.3 is 9.84 Å². The van der Waals surface area contributed by atoms with Crippen LogP contribution in [0.2, 0.25) is 0 Å². The predicted molar refractivity (Wildman–Crippen MR) is 72.6 cm³/mol. The summed E-state index contributed by atoms with van der Waals surface area (Å²) in [7, 11) is 0. The monoisotopic (exact) mass is 242 g/mol. The Bertz CT molecular complexity index is 491. The molecule has 0 aliphatic carbocycles. The van der Waals surface area contributed by atoms with Gasteiger partial charge >= 0.3 is 0 Å². The van der Waals surface area contributed by atoms with Gasteiger partial charge in [0.1, 0.15) is 11.9 Å². The molecule has 0 aromatic heterocycles. The van der Waals surface area contributed by atoms with Crippen LogP contribution in [0.3, 0.4) is 0 Å². The normalized spacial score (nSPS) is 13.9. The number of aliphatic hydroxyl groups excluding tert-OH is 1. The molecule has 0 saturated heterocycles. The highest BCUT2D eigenvalue weighted by Crippen LogP contribution is 2.24. The summed E-state index contributed by atoms with van der Waals surface area (Å²) in [6, 6.07) is 17.7. The van der Waals surface area contributed by atoms with Crippen molar-refractivity contribution in [1.82, 2.24) is 0 Å². The number of hydrogen-bond donors (Lipinski definition) is 1. The van der Waals surface area contributed by atoms with Crippen LogP contribution >= 0.6 is 0 Å². The maximum absolute atomic E-state index is 9.54. The highest BCUT2D eigenvalue weighted by molar-refractivity contribution is 5.30. The van der Waals surface area contributed by atoms with Gasteiger partial charge in [-0.2, -0.15) is 0 Å². The van der Waals surface area contributed by atoms with E-state index in [-0.39, 0.29) is 6.10 Å². The van der Waals surface area contributed by atoms with Gasteiger partial charge in [-0.3, -0.25) is 0 Å². The van der Waals surface area contributed by atoms with E-state index in [9.17, 15) is 5.11 Å². The van der Waals surface area contributed by atoms with Crippen LogP contribution < -0.4 is 4.74 Å². The second-order valence-electron chi connectivity index (χ2n) is 4.42. The molecule has 2 rings (SSSR count). The van der Waals surface area contributed by atoms with Crippen molar-refractivity contribution in [3.8, 4) is 5.75 Å². The average Bonchev–Trinajstić information content (AvgIpc) is 2.40. The molecule has 2 heteroatoms. The van der Waals surface area contributed by atoms with E-state index in [1.807, 2.05) is 61.5 Å². The minimum atomic E-state index is -0.472. The first-order chi connectivity index (χ1) is 8.66. The number of benzene rings is 2. The van der Waals surface area contributed by atoms with E-state index in [0.29, 0.717) is 0 Å². The number of ether oxygens (including phenoxy) is 1. The molecule has 1 N–H and O–H groups in total. The molecule has 2 unspecified atom stereocenters. The summed E-state index contributed by atoms with van der Waals surface area (Å²) in [5.74, 6) is 0.782. The van der Waals surface area contributed by atoms with Crippen LogP contribution in [-0.2, 0) is 0 Å². The van der Waals surface area contributed by atoms with Gasteiger partial charge in [-0.1, -0.05) is 42.5 Å². The quantitative estimate of drug-likeness (QED) is 0.881. The van der Waals surface area contributed by atoms with E-state index in [4.69, 9.17) is 4.74 Å². The molecule has 0 aliphatic rings. The van der Waals surface area contributed by atoms with E-state index < -0.39 is 6.10 Å². The molecule has 0 bridgehead atoms. The van der Waals surface area contributed by atoms with Gasteiger partial charge in [0.15, 0.2) is 0 Å². The Kier molecular flexibility index (Phi) is 4.00. The molecule has 94 valence electrons. The summed E-state index contributed by atoms with van der Waals surface area (Å²) >= 11 is 0. The third kappa shape index (κ3) is 3.11. The maximum atomic E-state index is 9.54. The summed E-state index contributed by atoms with van der Waals surface area (Å²) in [6.45, 7) is 3.77. The molecule has 0 fully saturated rings. The fourth-order valence-corrected chi connectivity index (χ4v) is 1.84. The fraction of sp³-hybridized carbons (Fsp3) is 0.250. The van der Waals surface area contributed by atoms with Crippen LogP contribution in [-0.4, -0.2) is 5.11 Å². The molecular formula is C16H18O2. The van der Waals surface area contributed by atoms with Crippen LogP contribution in [0, 0.1) is 0 Å². The Balaban J connectivity index is 2.12. The van der Waals surface area contributed by atoms with E-state index in [2.05, 4.69) is 0 Å². The van der Waals surface area contributed by atoms with E-state index >= 15 is 0 Å². The Hall–Kier alpha value is -1.80. The molecule has 2 nitrogen and oxygen atoms in total. The predicted octanol–water partition coefficient (Wildman–Crippen LogP) is 3.88. The van der Waals surface area contributed by atoms with Gasteiger partial charge in [0.05, 0.1) is 6.10 Å². The summed E-state index contributed by atoms with van der Waals surface area (Å²) < 4.78 is 5.88. The van der Waals surface area contributed by atoms with Gasteiger partial charge in [-0.05, 0) is 37.1 Å². The van der Waals surface area contributed by atoms with Crippen LogP contribution in [0.5, 0.6) is 5.75 Å². The van der Waals surface area contributed by atoms with E-state index in [0.717, 1.165) is 16.9 Å². The van der Waals surface area contributed by atoms with Gasteiger partial charge in [-0.25, -0.2) is 0 Å². The molecular weight excluding hydrogens is 224 g/mol. The van der Waals surface area contributed by atoms with E-state index in [1.165, 1.54) is 0 Å². The van der Waals surface area contributed by atoms with Gasteiger partial charge in [0, 0.05) is 0 Å². The topological polar surface area (TPSA) is 29.5 Å². The first kappa shape index (κ1) is 12.7. The zero-order valence-electron chi connectivity index (χ0n) is 10.7. The molecule has 0 radical (unpaired) electrons. The summed E-state index contributed by atoms with van der Waals surface area (Å²) in [5.41, 5.74) is 2.01. The minimum Gasteiger partial charge on any atom is -0.486 e. The fourth-order valence-electron chi connectivity index (χ4n) is 1.84. The third-order valence-corrected chi connectivity index (χ3v) is 2.92. The lowest BCUT2D eigenvalue weighted by Crippen LogP contribution is -2.03.